The van der Waals surface area contributed by atoms with Crippen LogP contribution in [0, 0.1) is 11.3 Å². The summed E-state index contributed by atoms with van der Waals surface area (Å²) in [5, 5.41) is 8.57. The average molecular weight is 163 g/mol. The predicted octanol–water partition coefficient (Wildman–Crippen LogP) is 3.03. The zero-order valence-electron chi connectivity index (χ0n) is 6.97. The third-order valence-electron chi connectivity index (χ3n) is 1.71. The normalized spacial score (nSPS) is 22.2. The van der Waals surface area contributed by atoms with E-state index in [0.29, 0.717) is 6.42 Å². The monoisotopic (exact) mass is 163 g/mol. The van der Waals surface area contributed by atoms with E-state index >= 15 is 0 Å². The van der Waals surface area contributed by atoms with Gasteiger partial charge in [0.05, 0.1) is 5.57 Å². The fourth-order valence-corrected chi connectivity index (χ4v) is 1.07. The maximum atomic E-state index is 13.0. The first-order valence-electron chi connectivity index (χ1n) is 3.88. The van der Waals surface area contributed by atoms with E-state index in [1.807, 2.05) is 19.1 Å². The smallest absolute Gasteiger partial charge is 0.136 e. The van der Waals surface area contributed by atoms with Gasteiger partial charge in [0.25, 0.3) is 0 Å². The van der Waals surface area contributed by atoms with E-state index in [-0.39, 0.29) is 5.57 Å². The van der Waals surface area contributed by atoms with Crippen LogP contribution in [-0.2, 0) is 0 Å². The number of nitriles is 1. The number of halogens is 1. The molecule has 1 nitrogen and oxygen atoms in total. The van der Waals surface area contributed by atoms with Gasteiger partial charge in [-0.05, 0) is 31.9 Å². The Bertz CT molecular complexity index is 302. The van der Waals surface area contributed by atoms with Crippen LogP contribution < -0.4 is 0 Å². The fourth-order valence-electron chi connectivity index (χ4n) is 1.07. The molecule has 0 fully saturated rings. The lowest BCUT2D eigenvalue weighted by Crippen LogP contribution is -1.85. The van der Waals surface area contributed by atoms with Crippen molar-refractivity contribution in [2.24, 2.45) is 0 Å². The van der Waals surface area contributed by atoms with Gasteiger partial charge in [-0.15, -0.1) is 0 Å². The highest BCUT2D eigenvalue weighted by molar-refractivity contribution is 5.43. The van der Waals surface area contributed by atoms with Crippen molar-refractivity contribution in [1.29, 1.82) is 5.26 Å². The summed E-state index contributed by atoms with van der Waals surface area (Å²) < 4.78 is 13.0. The van der Waals surface area contributed by atoms with Gasteiger partial charge in [0.1, 0.15) is 11.9 Å². The Hall–Kier alpha value is -1.36. The summed E-state index contributed by atoms with van der Waals surface area (Å²) in [6, 6.07) is 1.83. The molecule has 0 atom stereocenters. The first-order chi connectivity index (χ1) is 5.74. The molecule has 0 bridgehead atoms. The molecule has 0 heterocycles. The van der Waals surface area contributed by atoms with E-state index in [0.717, 1.165) is 12.0 Å². The molecule has 0 radical (unpaired) electrons. The lowest BCUT2D eigenvalue weighted by atomic mass is 10.1. The van der Waals surface area contributed by atoms with Gasteiger partial charge in [-0.2, -0.15) is 5.26 Å². The summed E-state index contributed by atoms with van der Waals surface area (Å²) >= 11 is 0. The molecule has 1 aliphatic carbocycles. The van der Waals surface area contributed by atoms with Crippen molar-refractivity contribution >= 4 is 0 Å². The Morgan fingerprint density at radius 3 is 2.75 bits per heavy atom. The first kappa shape index (κ1) is 8.73. The van der Waals surface area contributed by atoms with Crippen molar-refractivity contribution in [1.82, 2.24) is 0 Å². The summed E-state index contributed by atoms with van der Waals surface area (Å²) in [5.74, 6) is -0.398. The Morgan fingerprint density at radius 2 is 2.08 bits per heavy atom. The minimum Gasteiger partial charge on any atom is -0.206 e. The molecule has 0 amide bonds. The third-order valence-corrected chi connectivity index (χ3v) is 1.71. The summed E-state index contributed by atoms with van der Waals surface area (Å²) in [7, 11) is 0. The maximum Gasteiger partial charge on any atom is 0.136 e. The second-order valence-electron chi connectivity index (χ2n) is 2.75. The van der Waals surface area contributed by atoms with Gasteiger partial charge in [0.2, 0.25) is 0 Å². The van der Waals surface area contributed by atoms with Crippen molar-refractivity contribution in [3.63, 3.8) is 0 Å². The molecule has 0 spiro atoms. The van der Waals surface area contributed by atoms with Crippen LogP contribution in [0.1, 0.15) is 19.8 Å². The number of hydrogen-bond acceptors (Lipinski definition) is 1. The van der Waals surface area contributed by atoms with Crippen LogP contribution in [0.4, 0.5) is 4.39 Å². The average Bonchev–Trinajstić information content (AvgIpc) is 2.05. The van der Waals surface area contributed by atoms with Gasteiger partial charge in [-0.3, -0.25) is 0 Å². The van der Waals surface area contributed by atoms with Crippen LogP contribution in [0.2, 0.25) is 0 Å². The molecule has 0 aromatic rings. The maximum absolute atomic E-state index is 13.0. The number of nitrogens with zero attached hydrogens (tertiary/aromatic N) is 1. The van der Waals surface area contributed by atoms with E-state index < -0.39 is 5.83 Å². The molecule has 2 heteroatoms. The predicted molar refractivity (Wildman–Crippen MR) is 45.9 cm³/mol. The summed E-state index contributed by atoms with van der Waals surface area (Å²) in [5.41, 5.74) is 1.08. The van der Waals surface area contributed by atoms with Crippen LogP contribution >= 0.6 is 0 Å². The van der Waals surface area contributed by atoms with Crippen LogP contribution in [-0.4, -0.2) is 0 Å². The minimum atomic E-state index is -0.398. The van der Waals surface area contributed by atoms with E-state index in [2.05, 4.69) is 0 Å². The molecule has 0 aromatic carbocycles. The first-order valence-corrected chi connectivity index (χ1v) is 3.88. The minimum absolute atomic E-state index is 0.128. The Kier molecular flexibility index (Phi) is 2.82. The van der Waals surface area contributed by atoms with Gasteiger partial charge >= 0.3 is 0 Å². The Balaban J connectivity index is 3.03. The largest absolute Gasteiger partial charge is 0.206 e. The standard InChI is InChI=1S/C10H10FN/c1-8-4-2-3-5-10(11)9(6-8)7-12/h4-6H,2-3H2,1H3/b8-4?,9-6?,10-5-. The van der Waals surface area contributed by atoms with Crippen LogP contribution in [0.5, 0.6) is 0 Å². The topological polar surface area (TPSA) is 23.8 Å². The van der Waals surface area contributed by atoms with Gasteiger partial charge in [0.15, 0.2) is 0 Å². The second kappa shape index (κ2) is 3.87. The quantitative estimate of drug-likeness (QED) is 0.538. The molecular formula is C10H10FN. The highest BCUT2D eigenvalue weighted by Gasteiger charge is 2.04. The molecule has 0 unspecified atom stereocenters. The van der Waals surface area contributed by atoms with Crippen molar-refractivity contribution in [2.75, 3.05) is 0 Å². The molecule has 12 heavy (non-hydrogen) atoms. The summed E-state index contributed by atoms with van der Waals surface area (Å²) in [6.45, 7) is 1.87. The third kappa shape index (κ3) is 2.06. The van der Waals surface area contributed by atoms with Gasteiger partial charge in [0, 0.05) is 0 Å². The van der Waals surface area contributed by atoms with E-state index in [9.17, 15) is 4.39 Å². The van der Waals surface area contributed by atoms with E-state index in [4.69, 9.17) is 5.26 Å². The summed E-state index contributed by atoms with van der Waals surface area (Å²) in [6.07, 6.45) is 6.54. The molecule has 0 saturated heterocycles. The molecule has 0 aliphatic heterocycles. The van der Waals surface area contributed by atoms with Gasteiger partial charge in [-0.1, -0.05) is 11.6 Å². The van der Waals surface area contributed by atoms with Crippen LogP contribution in [0.25, 0.3) is 0 Å². The molecule has 1 rings (SSSR count). The molecular weight excluding hydrogens is 153 g/mol. The lowest BCUT2D eigenvalue weighted by molar-refractivity contribution is 0.649. The number of allylic oxidation sites excluding steroid dienone is 6. The molecule has 0 N–H and O–H groups in total. The van der Waals surface area contributed by atoms with Crippen molar-refractivity contribution in [2.45, 2.75) is 19.8 Å². The summed E-state index contributed by atoms with van der Waals surface area (Å²) in [4.78, 5) is 0. The molecule has 0 aromatic heterocycles. The van der Waals surface area contributed by atoms with E-state index in [1.54, 1.807) is 6.08 Å². The zero-order chi connectivity index (χ0) is 8.97. The zero-order valence-corrected chi connectivity index (χ0v) is 6.97. The lowest BCUT2D eigenvalue weighted by Gasteiger charge is -2.00. The van der Waals surface area contributed by atoms with Crippen molar-refractivity contribution < 1.29 is 4.39 Å². The molecule has 0 saturated carbocycles. The van der Waals surface area contributed by atoms with Crippen LogP contribution in [0.3, 0.4) is 0 Å². The van der Waals surface area contributed by atoms with E-state index in [1.165, 1.54) is 6.08 Å². The van der Waals surface area contributed by atoms with Gasteiger partial charge < -0.3 is 0 Å². The molecule has 1 aliphatic rings. The van der Waals surface area contributed by atoms with Gasteiger partial charge in [-0.25, -0.2) is 4.39 Å². The number of hydrogen-bond donors (Lipinski definition) is 0. The second-order valence-corrected chi connectivity index (χ2v) is 2.75. The highest BCUT2D eigenvalue weighted by Crippen LogP contribution is 2.17. The van der Waals surface area contributed by atoms with Crippen LogP contribution in [0.15, 0.2) is 35.2 Å². The number of rotatable bonds is 0. The SMILES string of the molecule is CC1=CCC/C=C(\F)C(C#N)=C1. The highest BCUT2D eigenvalue weighted by atomic mass is 19.1. The Labute approximate surface area is 71.5 Å². The van der Waals surface area contributed by atoms with Crippen molar-refractivity contribution in [3.8, 4) is 6.07 Å². The van der Waals surface area contributed by atoms with Crippen molar-refractivity contribution in [3.05, 3.63) is 35.2 Å². The Morgan fingerprint density at radius 1 is 1.42 bits per heavy atom. The molecule has 62 valence electrons. The fraction of sp³-hybridized carbons (Fsp3) is 0.300.